The van der Waals surface area contributed by atoms with Crippen LogP contribution in [0.4, 0.5) is 4.39 Å². The number of halogens is 2. The van der Waals surface area contributed by atoms with Gasteiger partial charge in [0.05, 0.1) is 6.61 Å². The summed E-state index contributed by atoms with van der Waals surface area (Å²) in [5.74, 6) is -1.06. The third-order valence-electron chi connectivity index (χ3n) is 5.17. The lowest BCUT2D eigenvalue weighted by atomic mass is 10.1. The Morgan fingerprint density at radius 2 is 1.35 bits per heavy atom. The molecule has 0 N–H and O–H groups in total. The van der Waals surface area contributed by atoms with Gasteiger partial charge in [0.2, 0.25) is 0 Å². The Labute approximate surface area is 195 Å². The van der Waals surface area contributed by atoms with Crippen molar-refractivity contribution in [2.45, 2.75) is 103 Å². The normalized spacial score (nSPS) is 10.8. The van der Waals surface area contributed by atoms with Gasteiger partial charge < -0.3 is 9.47 Å². The van der Waals surface area contributed by atoms with Crippen LogP contribution in [0.25, 0.3) is 0 Å². The van der Waals surface area contributed by atoms with E-state index in [2.05, 4.69) is 22.9 Å². The largest absolute Gasteiger partial charge is 0.466 e. The van der Waals surface area contributed by atoms with Crippen LogP contribution in [0.15, 0.2) is 22.7 Å². The van der Waals surface area contributed by atoms with Gasteiger partial charge in [0.15, 0.2) is 0 Å². The van der Waals surface area contributed by atoms with Crippen LogP contribution in [0.5, 0.6) is 0 Å². The molecule has 0 radical (unpaired) electrons. The fourth-order valence-electron chi connectivity index (χ4n) is 3.29. The van der Waals surface area contributed by atoms with E-state index in [0.717, 1.165) is 12.8 Å². The highest BCUT2D eigenvalue weighted by Gasteiger charge is 2.09. The maximum absolute atomic E-state index is 13.2. The first kappa shape index (κ1) is 27.6. The smallest absolute Gasteiger partial charge is 0.306 e. The van der Waals surface area contributed by atoms with Gasteiger partial charge in [0, 0.05) is 22.9 Å². The molecule has 6 heteroatoms. The fourth-order valence-corrected chi connectivity index (χ4v) is 3.65. The van der Waals surface area contributed by atoms with Crippen LogP contribution in [0.1, 0.15) is 102 Å². The Kier molecular flexibility index (Phi) is 16.2. The van der Waals surface area contributed by atoms with Crippen LogP contribution in [-0.2, 0) is 25.7 Å². The van der Waals surface area contributed by atoms with Gasteiger partial charge in [-0.2, -0.15) is 0 Å². The van der Waals surface area contributed by atoms with E-state index < -0.39 is 5.97 Å². The number of rotatable bonds is 18. The summed E-state index contributed by atoms with van der Waals surface area (Å²) in [5.41, 5.74) is 0.569. The zero-order valence-corrected chi connectivity index (χ0v) is 20.5. The van der Waals surface area contributed by atoms with Crippen molar-refractivity contribution in [3.05, 3.63) is 34.1 Å². The molecule has 0 aliphatic heterocycles. The molecule has 0 fully saturated rings. The van der Waals surface area contributed by atoms with Crippen molar-refractivity contribution in [2.24, 2.45) is 0 Å². The van der Waals surface area contributed by atoms with Gasteiger partial charge in [-0.15, -0.1) is 0 Å². The Bertz CT molecular complexity index is 636. The summed E-state index contributed by atoms with van der Waals surface area (Å²) in [6.07, 6.45) is 14.6. The van der Waals surface area contributed by atoms with Crippen molar-refractivity contribution in [1.29, 1.82) is 0 Å². The number of carbonyl (C=O) groups is 2. The van der Waals surface area contributed by atoms with E-state index in [4.69, 9.17) is 9.47 Å². The number of benzene rings is 1. The van der Waals surface area contributed by atoms with Crippen LogP contribution in [0.2, 0.25) is 0 Å². The van der Waals surface area contributed by atoms with Crippen LogP contribution < -0.4 is 0 Å². The van der Waals surface area contributed by atoms with Gasteiger partial charge in [0.25, 0.3) is 0 Å². The summed E-state index contributed by atoms with van der Waals surface area (Å²) < 4.78 is 24.3. The van der Waals surface area contributed by atoms with Gasteiger partial charge in [-0.3, -0.25) is 9.59 Å². The monoisotopic (exact) mass is 500 g/mol. The lowest BCUT2D eigenvalue weighted by Gasteiger charge is -2.07. The average molecular weight is 501 g/mol. The van der Waals surface area contributed by atoms with Crippen molar-refractivity contribution in [3.8, 4) is 0 Å². The van der Waals surface area contributed by atoms with Gasteiger partial charge in [0.1, 0.15) is 12.4 Å². The van der Waals surface area contributed by atoms with E-state index >= 15 is 0 Å². The standard InChI is InChI=1S/C25H38BrFO4/c1-2-3-4-5-6-7-8-9-10-11-12-18-30-24(28)14-13-15-25(29)31-20-21-19-22(27)16-17-23(21)26/h16-17,19H,2-15,18,20H2,1H3. The first-order valence-corrected chi connectivity index (χ1v) is 12.6. The molecule has 31 heavy (non-hydrogen) atoms. The van der Waals surface area contributed by atoms with Crippen molar-refractivity contribution < 1.29 is 23.5 Å². The number of ether oxygens (including phenoxy) is 2. The topological polar surface area (TPSA) is 52.6 Å². The Hall–Kier alpha value is -1.43. The minimum atomic E-state index is -0.408. The first-order valence-electron chi connectivity index (χ1n) is 11.8. The number of carbonyl (C=O) groups excluding carboxylic acids is 2. The predicted molar refractivity (Wildman–Crippen MR) is 125 cm³/mol. The van der Waals surface area contributed by atoms with Crippen molar-refractivity contribution in [3.63, 3.8) is 0 Å². The molecule has 0 aliphatic rings. The number of esters is 2. The molecule has 0 spiro atoms. The summed E-state index contributed by atoms with van der Waals surface area (Å²) in [7, 11) is 0. The van der Waals surface area contributed by atoms with E-state index in [0.29, 0.717) is 23.1 Å². The maximum atomic E-state index is 13.2. The van der Waals surface area contributed by atoms with Crippen molar-refractivity contribution in [2.75, 3.05) is 6.61 Å². The Morgan fingerprint density at radius 1 is 0.806 bits per heavy atom. The van der Waals surface area contributed by atoms with E-state index in [1.165, 1.54) is 69.9 Å². The van der Waals surface area contributed by atoms with Crippen LogP contribution in [0.3, 0.4) is 0 Å². The zero-order chi connectivity index (χ0) is 22.7. The van der Waals surface area contributed by atoms with Gasteiger partial charge in [-0.1, -0.05) is 87.1 Å². The Balaban J connectivity index is 1.93. The molecular weight excluding hydrogens is 463 g/mol. The maximum Gasteiger partial charge on any atom is 0.306 e. The second-order valence-electron chi connectivity index (χ2n) is 8.01. The molecule has 1 aromatic rings. The highest BCUT2D eigenvalue weighted by molar-refractivity contribution is 9.10. The molecule has 0 amide bonds. The first-order chi connectivity index (χ1) is 15.0. The SMILES string of the molecule is CCCCCCCCCCCCCOC(=O)CCCC(=O)OCc1cc(F)ccc1Br. The molecule has 0 aliphatic carbocycles. The third-order valence-corrected chi connectivity index (χ3v) is 5.94. The van der Waals surface area contributed by atoms with Crippen LogP contribution in [-0.4, -0.2) is 18.5 Å². The number of hydrogen-bond donors (Lipinski definition) is 0. The minimum Gasteiger partial charge on any atom is -0.466 e. The van der Waals surface area contributed by atoms with Crippen molar-refractivity contribution >= 4 is 27.9 Å². The Morgan fingerprint density at radius 3 is 1.97 bits per heavy atom. The van der Waals surface area contributed by atoms with Crippen molar-refractivity contribution in [1.82, 2.24) is 0 Å². The quantitative estimate of drug-likeness (QED) is 0.153. The summed E-state index contributed by atoms with van der Waals surface area (Å²) >= 11 is 3.29. The molecule has 176 valence electrons. The fraction of sp³-hybridized carbons (Fsp3) is 0.680. The van der Waals surface area contributed by atoms with Gasteiger partial charge in [-0.25, -0.2) is 4.39 Å². The summed E-state index contributed by atoms with van der Waals surface area (Å²) in [4.78, 5) is 23.5. The summed E-state index contributed by atoms with van der Waals surface area (Å²) in [6.45, 7) is 2.69. The lowest BCUT2D eigenvalue weighted by Crippen LogP contribution is -2.09. The molecule has 0 aromatic heterocycles. The zero-order valence-electron chi connectivity index (χ0n) is 18.9. The van der Waals surface area contributed by atoms with E-state index in [9.17, 15) is 14.0 Å². The van der Waals surface area contributed by atoms with E-state index in [1.54, 1.807) is 6.07 Å². The molecule has 0 unspecified atom stereocenters. The van der Waals surface area contributed by atoms with Crippen LogP contribution in [0, 0.1) is 5.82 Å². The molecule has 0 saturated carbocycles. The molecule has 0 saturated heterocycles. The second-order valence-corrected chi connectivity index (χ2v) is 8.86. The van der Waals surface area contributed by atoms with E-state index in [1.807, 2.05) is 0 Å². The molecule has 0 atom stereocenters. The average Bonchev–Trinajstić information content (AvgIpc) is 2.75. The van der Waals surface area contributed by atoms with Gasteiger partial charge >= 0.3 is 11.9 Å². The molecule has 4 nitrogen and oxygen atoms in total. The lowest BCUT2D eigenvalue weighted by molar-refractivity contribution is -0.146. The third kappa shape index (κ3) is 15.1. The second kappa shape index (κ2) is 18.2. The van der Waals surface area contributed by atoms with Crippen LogP contribution >= 0.6 is 15.9 Å². The molecule has 1 rings (SSSR count). The highest BCUT2D eigenvalue weighted by atomic mass is 79.9. The predicted octanol–water partition coefficient (Wildman–Crippen LogP) is 7.66. The van der Waals surface area contributed by atoms with Gasteiger partial charge in [-0.05, 0) is 31.0 Å². The molecule has 0 heterocycles. The molecular formula is C25H38BrFO4. The molecule has 1 aromatic carbocycles. The number of unbranched alkanes of at least 4 members (excludes halogenated alkanes) is 10. The highest BCUT2D eigenvalue weighted by Crippen LogP contribution is 2.19. The summed E-state index contributed by atoms with van der Waals surface area (Å²) in [5, 5.41) is 0. The summed E-state index contributed by atoms with van der Waals surface area (Å²) in [6, 6.07) is 4.23. The molecule has 0 bridgehead atoms. The number of hydrogen-bond acceptors (Lipinski definition) is 4. The minimum absolute atomic E-state index is 0.000476. The van der Waals surface area contributed by atoms with E-state index in [-0.39, 0.29) is 31.2 Å².